The minimum Gasteiger partial charge on any atom is -0.387 e. The fraction of sp³-hybridized carbons (Fsp3) is 0.889. The molecule has 0 spiro atoms. The maximum absolute atomic E-state index is 11.5. The summed E-state index contributed by atoms with van der Waals surface area (Å²) in [7, 11) is -1.78. The van der Waals surface area contributed by atoms with Crippen molar-refractivity contribution >= 4 is 15.9 Å². The third-order valence-electron chi connectivity index (χ3n) is 2.22. The summed E-state index contributed by atoms with van der Waals surface area (Å²) in [6.07, 6.45) is 0.451. The number of sulfonamides is 1. The van der Waals surface area contributed by atoms with Crippen LogP contribution in [0.1, 0.15) is 20.3 Å². The Morgan fingerprint density at radius 1 is 1.50 bits per heavy atom. The van der Waals surface area contributed by atoms with Gasteiger partial charge in [0.2, 0.25) is 10.0 Å². The van der Waals surface area contributed by atoms with Gasteiger partial charge in [-0.25, -0.2) is 13.1 Å². The molecule has 0 amide bonds. The summed E-state index contributed by atoms with van der Waals surface area (Å²) in [6, 6.07) is 0. The van der Waals surface area contributed by atoms with Crippen molar-refractivity contribution in [1.29, 1.82) is 5.41 Å². The second kappa shape index (κ2) is 6.17. The summed E-state index contributed by atoms with van der Waals surface area (Å²) in [5.74, 6) is -0.0125. The Kier molecular flexibility index (Phi) is 5.91. The number of methoxy groups -OCH3 is 1. The van der Waals surface area contributed by atoms with E-state index in [1.807, 2.05) is 0 Å². The van der Waals surface area contributed by atoms with Gasteiger partial charge in [0, 0.05) is 25.7 Å². The van der Waals surface area contributed by atoms with Gasteiger partial charge in [-0.15, -0.1) is 0 Å². The van der Waals surface area contributed by atoms with Crippen LogP contribution in [0.3, 0.4) is 0 Å². The zero-order chi connectivity index (χ0) is 12.8. The van der Waals surface area contributed by atoms with E-state index < -0.39 is 15.4 Å². The molecule has 0 unspecified atom stereocenters. The number of ether oxygens (including phenoxy) is 1. The molecule has 0 aliphatic heterocycles. The topological polar surface area (TPSA) is 105 Å². The molecule has 0 aromatic carbocycles. The Hall–Kier alpha value is -0.660. The highest BCUT2D eigenvalue weighted by Crippen LogP contribution is 2.12. The van der Waals surface area contributed by atoms with Crippen LogP contribution in [0.15, 0.2) is 0 Å². The quantitative estimate of drug-likeness (QED) is 0.318. The van der Waals surface area contributed by atoms with Gasteiger partial charge in [-0.05, 0) is 6.42 Å². The first-order valence-corrected chi connectivity index (χ1v) is 6.67. The summed E-state index contributed by atoms with van der Waals surface area (Å²) in [4.78, 5) is 0. The van der Waals surface area contributed by atoms with Crippen LogP contribution in [0.5, 0.6) is 0 Å². The van der Waals surface area contributed by atoms with Crippen molar-refractivity contribution in [2.75, 3.05) is 26.0 Å². The van der Waals surface area contributed by atoms with E-state index in [1.54, 1.807) is 13.8 Å². The predicted molar refractivity (Wildman–Crippen MR) is 64.0 cm³/mol. The van der Waals surface area contributed by atoms with Gasteiger partial charge < -0.3 is 10.5 Å². The zero-order valence-corrected chi connectivity index (χ0v) is 10.9. The second-order valence-corrected chi connectivity index (χ2v) is 6.21. The highest BCUT2D eigenvalue weighted by molar-refractivity contribution is 7.89. The average Bonchev–Trinajstić information content (AvgIpc) is 2.15. The lowest BCUT2D eigenvalue weighted by atomic mass is 9.93. The molecule has 0 aliphatic rings. The Morgan fingerprint density at radius 2 is 2.06 bits per heavy atom. The molecule has 0 fully saturated rings. The molecule has 4 N–H and O–H groups in total. The number of hydrogen-bond donors (Lipinski definition) is 3. The third-order valence-corrected chi connectivity index (χ3v) is 3.63. The highest BCUT2D eigenvalue weighted by atomic mass is 32.2. The Balaban J connectivity index is 4.14. The summed E-state index contributed by atoms with van der Waals surface area (Å²) in [6.45, 7) is 3.98. The molecule has 0 radical (unpaired) electrons. The lowest BCUT2D eigenvalue weighted by Crippen LogP contribution is -2.42. The van der Waals surface area contributed by atoms with Crippen LogP contribution in [0, 0.1) is 10.8 Å². The van der Waals surface area contributed by atoms with Gasteiger partial charge in [0.25, 0.3) is 0 Å². The molecule has 0 aliphatic carbocycles. The third kappa shape index (κ3) is 6.04. The average molecular weight is 251 g/mol. The van der Waals surface area contributed by atoms with E-state index in [-0.39, 0.29) is 18.1 Å². The Morgan fingerprint density at radius 3 is 2.50 bits per heavy atom. The fourth-order valence-corrected chi connectivity index (χ4v) is 2.07. The molecule has 0 atom stereocenters. The molecule has 0 aromatic heterocycles. The summed E-state index contributed by atoms with van der Waals surface area (Å²) in [5, 5.41) is 7.30. The first kappa shape index (κ1) is 15.3. The molecule has 7 heteroatoms. The van der Waals surface area contributed by atoms with Crippen molar-refractivity contribution in [3.05, 3.63) is 0 Å². The van der Waals surface area contributed by atoms with Crippen molar-refractivity contribution in [3.63, 3.8) is 0 Å². The van der Waals surface area contributed by atoms with Gasteiger partial charge in [-0.3, -0.25) is 5.41 Å². The number of nitrogens with two attached hydrogens (primary N) is 1. The van der Waals surface area contributed by atoms with Crippen LogP contribution < -0.4 is 10.5 Å². The van der Waals surface area contributed by atoms with E-state index in [4.69, 9.17) is 15.9 Å². The maximum atomic E-state index is 11.5. The molecular weight excluding hydrogens is 230 g/mol. The standard InChI is InChI=1S/C9H21N3O3S/c1-9(2,8(10)11)7-12-16(13,14)6-4-5-15-3/h12H,4-7H2,1-3H3,(H3,10,11). The zero-order valence-electron chi connectivity index (χ0n) is 10.0. The van der Waals surface area contributed by atoms with Gasteiger partial charge in [0.05, 0.1) is 11.6 Å². The van der Waals surface area contributed by atoms with E-state index >= 15 is 0 Å². The van der Waals surface area contributed by atoms with Gasteiger partial charge in [-0.1, -0.05) is 13.8 Å². The molecule has 0 saturated carbocycles. The minimum absolute atomic E-state index is 0.0226. The lowest BCUT2D eigenvalue weighted by molar-refractivity contribution is 0.199. The fourth-order valence-electron chi connectivity index (χ4n) is 0.851. The van der Waals surface area contributed by atoms with Crippen molar-refractivity contribution in [3.8, 4) is 0 Å². The minimum atomic E-state index is -3.30. The van der Waals surface area contributed by atoms with Crippen LogP contribution >= 0.6 is 0 Å². The number of hydrogen-bond acceptors (Lipinski definition) is 4. The largest absolute Gasteiger partial charge is 0.387 e. The first-order chi connectivity index (χ1) is 7.21. The molecule has 0 aromatic rings. The predicted octanol–water partition coefficient (Wildman–Crippen LogP) is -0.0955. The molecule has 96 valence electrons. The first-order valence-electron chi connectivity index (χ1n) is 5.02. The van der Waals surface area contributed by atoms with Gasteiger partial charge in [-0.2, -0.15) is 0 Å². The Bertz CT molecular complexity index is 325. The van der Waals surface area contributed by atoms with Crippen LogP contribution in [-0.4, -0.2) is 40.3 Å². The summed E-state index contributed by atoms with van der Waals surface area (Å²) >= 11 is 0. The number of nitrogens with one attached hydrogen (secondary N) is 2. The molecule has 0 bridgehead atoms. The molecule has 0 heterocycles. The highest BCUT2D eigenvalue weighted by Gasteiger charge is 2.23. The number of amidine groups is 1. The smallest absolute Gasteiger partial charge is 0.211 e. The molecule has 0 saturated heterocycles. The van der Waals surface area contributed by atoms with Crippen LogP contribution in [-0.2, 0) is 14.8 Å². The Labute approximate surface area is 97.1 Å². The molecular formula is C9H21N3O3S. The van der Waals surface area contributed by atoms with Gasteiger partial charge in [0.15, 0.2) is 0 Å². The molecule has 16 heavy (non-hydrogen) atoms. The van der Waals surface area contributed by atoms with Gasteiger partial charge >= 0.3 is 0 Å². The monoisotopic (exact) mass is 251 g/mol. The van der Waals surface area contributed by atoms with Crippen LogP contribution in [0.25, 0.3) is 0 Å². The van der Waals surface area contributed by atoms with Crippen molar-refractivity contribution in [1.82, 2.24) is 4.72 Å². The normalized spacial score (nSPS) is 12.7. The van der Waals surface area contributed by atoms with Gasteiger partial charge in [0.1, 0.15) is 0 Å². The van der Waals surface area contributed by atoms with Crippen molar-refractivity contribution in [2.45, 2.75) is 20.3 Å². The summed E-state index contributed by atoms with van der Waals surface area (Å²) in [5.41, 5.74) is 4.69. The number of rotatable bonds is 8. The van der Waals surface area contributed by atoms with Crippen LogP contribution in [0.2, 0.25) is 0 Å². The molecule has 0 rings (SSSR count). The lowest BCUT2D eigenvalue weighted by Gasteiger charge is -2.23. The maximum Gasteiger partial charge on any atom is 0.211 e. The van der Waals surface area contributed by atoms with Crippen molar-refractivity contribution < 1.29 is 13.2 Å². The summed E-state index contributed by atoms with van der Waals surface area (Å²) < 4.78 is 30.2. The van der Waals surface area contributed by atoms with E-state index in [1.165, 1.54) is 7.11 Å². The molecule has 6 nitrogen and oxygen atoms in total. The van der Waals surface area contributed by atoms with E-state index in [0.29, 0.717) is 13.0 Å². The van der Waals surface area contributed by atoms with Crippen molar-refractivity contribution in [2.24, 2.45) is 11.1 Å². The van der Waals surface area contributed by atoms with E-state index in [0.717, 1.165) is 0 Å². The van der Waals surface area contributed by atoms with E-state index in [2.05, 4.69) is 4.72 Å². The SMILES string of the molecule is COCCCS(=O)(=O)NCC(C)(C)C(=N)N. The second-order valence-electron chi connectivity index (χ2n) is 4.28. The van der Waals surface area contributed by atoms with Crippen LogP contribution in [0.4, 0.5) is 0 Å². The van der Waals surface area contributed by atoms with E-state index in [9.17, 15) is 8.42 Å².